The molecular weight excluding hydrogens is 272 g/mol. The minimum atomic E-state index is 0.861. The normalized spacial score (nSPS) is 11.2. The highest BCUT2D eigenvalue weighted by Gasteiger charge is 2.14. The Labute approximate surface area is 128 Å². The van der Waals surface area contributed by atoms with Crippen LogP contribution in [0.5, 0.6) is 5.75 Å². The standard InChI is InChI=1S/C20H16O2/c1-13-19(15-7-10-16(21-2)11-8-15)18-12-9-14-5-3-4-6-17(14)20(18)22-13/h3-12H,1-2H3. The molecule has 0 spiro atoms. The first kappa shape index (κ1) is 13.0. The first-order chi connectivity index (χ1) is 10.8. The Morgan fingerprint density at radius 1 is 0.818 bits per heavy atom. The molecule has 2 nitrogen and oxygen atoms in total. The number of fused-ring (bicyclic) bond motifs is 3. The molecule has 4 rings (SSSR count). The van der Waals surface area contributed by atoms with E-state index in [1.807, 2.05) is 31.2 Å². The molecule has 108 valence electrons. The highest BCUT2D eigenvalue weighted by atomic mass is 16.5. The highest BCUT2D eigenvalue weighted by molar-refractivity contribution is 6.10. The molecule has 0 fully saturated rings. The molecule has 0 aliphatic heterocycles. The van der Waals surface area contributed by atoms with Gasteiger partial charge in [0.2, 0.25) is 0 Å². The van der Waals surface area contributed by atoms with Gasteiger partial charge in [-0.15, -0.1) is 0 Å². The Morgan fingerprint density at radius 3 is 2.36 bits per heavy atom. The topological polar surface area (TPSA) is 22.4 Å². The lowest BCUT2D eigenvalue weighted by Crippen LogP contribution is -1.83. The van der Waals surface area contributed by atoms with Crippen LogP contribution in [-0.4, -0.2) is 7.11 Å². The van der Waals surface area contributed by atoms with E-state index in [0.717, 1.165) is 39.0 Å². The number of furan rings is 1. The molecular formula is C20H16O2. The summed E-state index contributed by atoms with van der Waals surface area (Å²) in [6.45, 7) is 2.02. The van der Waals surface area contributed by atoms with Crippen molar-refractivity contribution in [3.8, 4) is 16.9 Å². The largest absolute Gasteiger partial charge is 0.497 e. The van der Waals surface area contributed by atoms with E-state index in [-0.39, 0.29) is 0 Å². The summed E-state index contributed by atoms with van der Waals surface area (Å²) in [4.78, 5) is 0. The molecule has 2 heteroatoms. The van der Waals surface area contributed by atoms with E-state index in [1.54, 1.807) is 7.11 Å². The van der Waals surface area contributed by atoms with E-state index in [1.165, 1.54) is 5.39 Å². The molecule has 0 saturated carbocycles. The van der Waals surface area contributed by atoms with E-state index in [9.17, 15) is 0 Å². The molecule has 0 unspecified atom stereocenters. The van der Waals surface area contributed by atoms with E-state index in [4.69, 9.17) is 9.15 Å². The summed E-state index contributed by atoms with van der Waals surface area (Å²) in [5.41, 5.74) is 3.26. The Morgan fingerprint density at radius 2 is 1.59 bits per heavy atom. The number of hydrogen-bond acceptors (Lipinski definition) is 2. The van der Waals surface area contributed by atoms with Crippen LogP contribution in [0.4, 0.5) is 0 Å². The van der Waals surface area contributed by atoms with Gasteiger partial charge in [0, 0.05) is 16.3 Å². The van der Waals surface area contributed by atoms with Gasteiger partial charge in [-0.2, -0.15) is 0 Å². The van der Waals surface area contributed by atoms with Crippen LogP contribution < -0.4 is 4.74 Å². The third-order valence-electron chi connectivity index (χ3n) is 4.13. The summed E-state index contributed by atoms with van der Waals surface area (Å²) in [6, 6.07) is 20.7. The lowest BCUT2D eigenvalue weighted by atomic mass is 10.00. The predicted octanol–water partition coefficient (Wildman–Crippen LogP) is 5.57. The lowest BCUT2D eigenvalue weighted by Gasteiger charge is -2.03. The van der Waals surface area contributed by atoms with E-state index >= 15 is 0 Å². The van der Waals surface area contributed by atoms with Crippen LogP contribution in [0.1, 0.15) is 5.76 Å². The highest BCUT2D eigenvalue weighted by Crippen LogP contribution is 2.38. The quantitative estimate of drug-likeness (QED) is 0.481. The fourth-order valence-corrected chi connectivity index (χ4v) is 3.06. The summed E-state index contributed by atoms with van der Waals surface area (Å²) in [5, 5.41) is 3.51. The molecule has 0 atom stereocenters. The Balaban J connectivity index is 2.01. The third kappa shape index (κ3) is 1.88. The van der Waals surface area contributed by atoms with Gasteiger partial charge in [-0.25, -0.2) is 0 Å². The van der Waals surface area contributed by atoms with Crippen molar-refractivity contribution in [3.05, 3.63) is 66.4 Å². The van der Waals surface area contributed by atoms with Crippen molar-refractivity contribution in [2.75, 3.05) is 7.11 Å². The molecule has 0 N–H and O–H groups in total. The van der Waals surface area contributed by atoms with Gasteiger partial charge in [0.15, 0.2) is 0 Å². The first-order valence-corrected chi connectivity index (χ1v) is 7.33. The van der Waals surface area contributed by atoms with Crippen molar-refractivity contribution in [3.63, 3.8) is 0 Å². The summed E-state index contributed by atoms with van der Waals surface area (Å²) >= 11 is 0. The Bertz CT molecular complexity index is 962. The van der Waals surface area contributed by atoms with Crippen LogP contribution >= 0.6 is 0 Å². The number of methoxy groups -OCH3 is 1. The summed E-state index contributed by atoms with van der Waals surface area (Å²) in [5.74, 6) is 1.80. The van der Waals surface area contributed by atoms with Crippen LogP contribution in [0.15, 0.2) is 65.1 Å². The second kappa shape index (κ2) is 4.92. The van der Waals surface area contributed by atoms with Gasteiger partial charge in [-0.1, -0.05) is 42.5 Å². The maximum absolute atomic E-state index is 6.09. The second-order valence-electron chi connectivity index (χ2n) is 5.43. The van der Waals surface area contributed by atoms with Crippen molar-refractivity contribution < 1.29 is 9.15 Å². The van der Waals surface area contributed by atoms with Gasteiger partial charge in [0.25, 0.3) is 0 Å². The van der Waals surface area contributed by atoms with E-state index in [0.29, 0.717) is 0 Å². The summed E-state index contributed by atoms with van der Waals surface area (Å²) in [7, 11) is 1.68. The number of hydrogen-bond donors (Lipinski definition) is 0. The molecule has 0 saturated heterocycles. The number of rotatable bonds is 2. The minimum absolute atomic E-state index is 0.861. The predicted molar refractivity (Wildman–Crippen MR) is 90.4 cm³/mol. The van der Waals surface area contributed by atoms with Crippen molar-refractivity contribution in [1.29, 1.82) is 0 Å². The smallest absolute Gasteiger partial charge is 0.142 e. The van der Waals surface area contributed by atoms with Gasteiger partial charge in [-0.3, -0.25) is 0 Å². The maximum Gasteiger partial charge on any atom is 0.142 e. The molecule has 0 amide bonds. The minimum Gasteiger partial charge on any atom is -0.497 e. The number of benzene rings is 3. The zero-order valence-corrected chi connectivity index (χ0v) is 12.6. The average molecular weight is 288 g/mol. The monoisotopic (exact) mass is 288 g/mol. The Kier molecular flexibility index (Phi) is 2.90. The molecule has 4 aromatic rings. The lowest BCUT2D eigenvalue weighted by molar-refractivity contribution is 0.415. The van der Waals surface area contributed by atoms with Crippen LogP contribution in [0.2, 0.25) is 0 Å². The fourth-order valence-electron chi connectivity index (χ4n) is 3.06. The van der Waals surface area contributed by atoms with Crippen molar-refractivity contribution in [2.24, 2.45) is 0 Å². The van der Waals surface area contributed by atoms with Crippen molar-refractivity contribution in [2.45, 2.75) is 6.92 Å². The van der Waals surface area contributed by atoms with Gasteiger partial charge in [0.05, 0.1) is 7.11 Å². The summed E-state index contributed by atoms with van der Waals surface area (Å²) in [6.07, 6.45) is 0. The fraction of sp³-hybridized carbons (Fsp3) is 0.100. The van der Waals surface area contributed by atoms with E-state index < -0.39 is 0 Å². The van der Waals surface area contributed by atoms with Crippen LogP contribution in [0, 0.1) is 6.92 Å². The van der Waals surface area contributed by atoms with Crippen molar-refractivity contribution in [1.82, 2.24) is 0 Å². The zero-order chi connectivity index (χ0) is 15.1. The SMILES string of the molecule is COc1ccc(-c2c(C)oc3c2ccc2ccccc23)cc1. The van der Waals surface area contributed by atoms with Crippen LogP contribution in [0.3, 0.4) is 0 Å². The molecule has 1 aromatic heterocycles. The van der Waals surface area contributed by atoms with Gasteiger partial charge >= 0.3 is 0 Å². The molecule has 0 aliphatic rings. The van der Waals surface area contributed by atoms with Gasteiger partial charge < -0.3 is 9.15 Å². The summed E-state index contributed by atoms with van der Waals surface area (Å²) < 4.78 is 11.3. The van der Waals surface area contributed by atoms with E-state index in [2.05, 4.69) is 36.4 Å². The van der Waals surface area contributed by atoms with Gasteiger partial charge in [0.1, 0.15) is 17.1 Å². The first-order valence-electron chi connectivity index (χ1n) is 7.33. The molecule has 1 heterocycles. The molecule has 3 aromatic carbocycles. The maximum atomic E-state index is 6.09. The second-order valence-corrected chi connectivity index (χ2v) is 5.43. The number of aryl methyl sites for hydroxylation is 1. The molecule has 0 aliphatic carbocycles. The molecule has 22 heavy (non-hydrogen) atoms. The van der Waals surface area contributed by atoms with Crippen LogP contribution in [0.25, 0.3) is 32.9 Å². The average Bonchev–Trinajstić information content (AvgIpc) is 2.91. The molecule has 0 radical (unpaired) electrons. The Hall–Kier alpha value is -2.74. The third-order valence-corrected chi connectivity index (χ3v) is 4.13. The van der Waals surface area contributed by atoms with Crippen LogP contribution in [-0.2, 0) is 0 Å². The molecule has 0 bridgehead atoms. The van der Waals surface area contributed by atoms with Crippen molar-refractivity contribution >= 4 is 21.7 Å². The number of ether oxygens (including phenoxy) is 1. The zero-order valence-electron chi connectivity index (χ0n) is 12.6. The van der Waals surface area contributed by atoms with Gasteiger partial charge in [-0.05, 0) is 36.1 Å².